The van der Waals surface area contributed by atoms with Crippen molar-refractivity contribution in [2.45, 2.75) is 6.18 Å². The maximum absolute atomic E-state index is 13.5. The smallest absolute Gasteiger partial charge is 0.267 e. The summed E-state index contributed by atoms with van der Waals surface area (Å²) in [7, 11) is 0. The van der Waals surface area contributed by atoms with Gasteiger partial charge in [0.15, 0.2) is 11.4 Å². The third-order valence-corrected chi connectivity index (χ3v) is 3.62. The first kappa shape index (κ1) is 19.9. The van der Waals surface area contributed by atoms with Gasteiger partial charge in [0.25, 0.3) is 11.8 Å². The average molecular weight is 411 g/mol. The molecule has 0 unspecified atom stereocenters. The Morgan fingerprint density at radius 3 is 1.90 bits per heavy atom. The highest BCUT2D eigenvalue weighted by Gasteiger charge is 2.42. The molecule has 0 saturated carbocycles. The monoisotopic (exact) mass is 411 g/mol. The molecule has 7 nitrogen and oxygen atoms in total. The summed E-state index contributed by atoms with van der Waals surface area (Å²) in [5, 5.41) is 6.54. The summed E-state index contributed by atoms with van der Waals surface area (Å²) < 4.78 is 66.7. The molecule has 1 heterocycles. The molecular formula is C17H10F5N5O2. The van der Waals surface area contributed by atoms with Gasteiger partial charge in [-0.2, -0.15) is 13.2 Å². The number of hydrazine groups is 1. The van der Waals surface area contributed by atoms with Crippen LogP contribution in [0.4, 0.5) is 22.0 Å². The lowest BCUT2D eigenvalue weighted by atomic mass is 10.2. The van der Waals surface area contributed by atoms with Crippen molar-refractivity contribution in [1.29, 1.82) is 0 Å². The lowest BCUT2D eigenvalue weighted by Gasteiger charge is -2.11. The second-order valence-corrected chi connectivity index (χ2v) is 5.59. The molecule has 0 aliphatic heterocycles. The zero-order chi connectivity index (χ0) is 21.2. The standard InChI is InChI=1S/C17H10F5N5O2/c18-10-3-1-9(2-4-10)15(28)24-25-16(29)13-14(17(20,21)22)27(26-23-13)12-7-5-11(19)6-8-12/h1-8H,(H,24,28)(H,25,29). The number of hydrogen-bond donors (Lipinski definition) is 2. The van der Waals surface area contributed by atoms with E-state index in [1.165, 1.54) is 0 Å². The van der Waals surface area contributed by atoms with E-state index in [4.69, 9.17) is 0 Å². The Bertz CT molecular complexity index is 1050. The van der Waals surface area contributed by atoms with Gasteiger partial charge in [0.05, 0.1) is 5.69 Å². The van der Waals surface area contributed by atoms with E-state index in [9.17, 15) is 31.5 Å². The summed E-state index contributed by atoms with van der Waals surface area (Å²) in [5.41, 5.74) is 0.837. The number of rotatable bonds is 3. The molecule has 2 N–H and O–H groups in total. The summed E-state index contributed by atoms with van der Waals surface area (Å²) >= 11 is 0. The molecular weight excluding hydrogens is 401 g/mol. The first-order valence-electron chi connectivity index (χ1n) is 7.82. The summed E-state index contributed by atoms with van der Waals surface area (Å²) in [6.07, 6.45) is -5.04. The second-order valence-electron chi connectivity index (χ2n) is 5.59. The van der Waals surface area contributed by atoms with E-state index in [2.05, 4.69) is 10.3 Å². The molecule has 150 valence electrons. The maximum atomic E-state index is 13.5. The third kappa shape index (κ3) is 4.36. The highest BCUT2D eigenvalue weighted by atomic mass is 19.4. The molecule has 0 bridgehead atoms. The number of benzene rings is 2. The van der Waals surface area contributed by atoms with Crippen LogP contribution < -0.4 is 10.9 Å². The number of carbonyl (C=O) groups is 2. The van der Waals surface area contributed by atoms with Gasteiger partial charge in [0.1, 0.15) is 11.6 Å². The number of hydrogen-bond acceptors (Lipinski definition) is 4. The average Bonchev–Trinajstić information content (AvgIpc) is 3.13. The normalized spacial score (nSPS) is 11.2. The van der Waals surface area contributed by atoms with Crippen LogP contribution in [0.3, 0.4) is 0 Å². The molecule has 0 aliphatic carbocycles. The lowest BCUT2D eigenvalue weighted by Crippen LogP contribution is -2.42. The van der Waals surface area contributed by atoms with E-state index in [-0.39, 0.29) is 11.3 Å². The summed E-state index contributed by atoms with van der Waals surface area (Å²) in [4.78, 5) is 24.0. The first-order valence-corrected chi connectivity index (χ1v) is 7.82. The third-order valence-electron chi connectivity index (χ3n) is 3.62. The molecule has 0 saturated heterocycles. The number of nitrogens with zero attached hydrogens (tertiary/aromatic N) is 3. The van der Waals surface area contributed by atoms with Gasteiger partial charge < -0.3 is 0 Å². The SMILES string of the molecule is O=C(NNC(=O)c1nnn(-c2ccc(F)cc2)c1C(F)(F)F)c1ccc(F)cc1. The van der Waals surface area contributed by atoms with Crippen molar-refractivity contribution in [3.05, 3.63) is 77.1 Å². The van der Waals surface area contributed by atoms with Crippen molar-refractivity contribution in [3.8, 4) is 5.69 Å². The Balaban J connectivity index is 1.84. The van der Waals surface area contributed by atoms with Crippen molar-refractivity contribution in [2.75, 3.05) is 0 Å². The molecule has 3 aromatic rings. The van der Waals surface area contributed by atoms with Crippen LogP contribution in [0.5, 0.6) is 0 Å². The van der Waals surface area contributed by atoms with Gasteiger partial charge >= 0.3 is 6.18 Å². The van der Waals surface area contributed by atoms with Gasteiger partial charge in [-0.25, -0.2) is 13.5 Å². The van der Waals surface area contributed by atoms with E-state index in [0.29, 0.717) is 4.68 Å². The maximum Gasteiger partial charge on any atom is 0.435 e. The number of carbonyl (C=O) groups excluding carboxylic acids is 2. The molecule has 1 aromatic heterocycles. The van der Waals surface area contributed by atoms with E-state index < -0.39 is 41.0 Å². The Hall–Kier alpha value is -3.83. The Labute approximate surface area is 159 Å². The summed E-state index contributed by atoms with van der Waals surface area (Å²) in [6.45, 7) is 0. The molecule has 0 aliphatic rings. The predicted molar refractivity (Wildman–Crippen MR) is 87.7 cm³/mol. The van der Waals surface area contributed by atoms with Crippen LogP contribution in [0.15, 0.2) is 48.5 Å². The zero-order valence-electron chi connectivity index (χ0n) is 14.2. The minimum absolute atomic E-state index is 0.0438. The minimum atomic E-state index is -5.04. The quantitative estimate of drug-likeness (QED) is 0.512. The van der Waals surface area contributed by atoms with E-state index in [1.54, 1.807) is 5.43 Å². The number of amides is 2. The molecule has 12 heteroatoms. The predicted octanol–water partition coefficient (Wildman–Crippen LogP) is 2.64. The zero-order valence-corrected chi connectivity index (χ0v) is 14.2. The first-order chi connectivity index (χ1) is 13.7. The lowest BCUT2D eigenvalue weighted by molar-refractivity contribution is -0.143. The Morgan fingerprint density at radius 1 is 0.828 bits per heavy atom. The van der Waals surface area contributed by atoms with Crippen LogP contribution in [0.1, 0.15) is 26.5 Å². The number of aromatic nitrogens is 3. The van der Waals surface area contributed by atoms with Crippen LogP contribution in [-0.4, -0.2) is 26.8 Å². The van der Waals surface area contributed by atoms with Crippen molar-refractivity contribution >= 4 is 11.8 Å². The molecule has 0 atom stereocenters. The molecule has 29 heavy (non-hydrogen) atoms. The Morgan fingerprint density at radius 2 is 1.34 bits per heavy atom. The molecule has 0 fully saturated rings. The number of alkyl halides is 3. The van der Waals surface area contributed by atoms with Crippen LogP contribution >= 0.6 is 0 Å². The topological polar surface area (TPSA) is 88.9 Å². The van der Waals surface area contributed by atoms with Crippen molar-refractivity contribution in [2.24, 2.45) is 0 Å². The number of nitrogens with one attached hydrogen (secondary N) is 2. The van der Waals surface area contributed by atoms with Crippen molar-refractivity contribution in [3.63, 3.8) is 0 Å². The fourth-order valence-corrected chi connectivity index (χ4v) is 2.30. The Kier molecular flexibility index (Phi) is 5.26. The van der Waals surface area contributed by atoms with Crippen LogP contribution in [0.25, 0.3) is 5.69 Å². The van der Waals surface area contributed by atoms with E-state index >= 15 is 0 Å². The van der Waals surface area contributed by atoms with Crippen molar-refractivity contribution < 1.29 is 31.5 Å². The van der Waals surface area contributed by atoms with E-state index in [0.717, 1.165) is 48.5 Å². The van der Waals surface area contributed by atoms with Gasteiger partial charge in [0.2, 0.25) is 0 Å². The second kappa shape index (κ2) is 7.66. The molecule has 3 rings (SSSR count). The highest BCUT2D eigenvalue weighted by molar-refractivity contribution is 5.98. The van der Waals surface area contributed by atoms with Crippen LogP contribution in [0, 0.1) is 11.6 Å². The fourth-order valence-electron chi connectivity index (χ4n) is 2.30. The van der Waals surface area contributed by atoms with Gasteiger partial charge in [-0.15, -0.1) is 5.10 Å². The summed E-state index contributed by atoms with van der Waals surface area (Å²) in [5.74, 6) is -3.55. The largest absolute Gasteiger partial charge is 0.435 e. The molecule has 0 spiro atoms. The minimum Gasteiger partial charge on any atom is -0.267 e. The van der Waals surface area contributed by atoms with Gasteiger partial charge in [-0.3, -0.25) is 20.4 Å². The molecule has 0 radical (unpaired) electrons. The van der Waals surface area contributed by atoms with Crippen LogP contribution in [-0.2, 0) is 6.18 Å². The number of halogens is 5. The van der Waals surface area contributed by atoms with Crippen molar-refractivity contribution in [1.82, 2.24) is 25.8 Å². The molecule has 2 amide bonds. The van der Waals surface area contributed by atoms with Gasteiger partial charge in [-0.1, -0.05) is 5.21 Å². The fraction of sp³-hybridized carbons (Fsp3) is 0.0588. The molecule has 2 aromatic carbocycles. The van der Waals surface area contributed by atoms with Gasteiger partial charge in [-0.05, 0) is 48.5 Å². The summed E-state index contributed by atoms with van der Waals surface area (Å²) in [6, 6.07) is 8.10. The van der Waals surface area contributed by atoms with Gasteiger partial charge in [0, 0.05) is 5.56 Å². The van der Waals surface area contributed by atoms with E-state index in [1.807, 2.05) is 5.43 Å². The van der Waals surface area contributed by atoms with Crippen LogP contribution in [0.2, 0.25) is 0 Å². The highest BCUT2D eigenvalue weighted by Crippen LogP contribution is 2.32.